The Labute approximate surface area is 80.6 Å². The normalized spacial score (nSPS) is 10.1. The van der Waals surface area contributed by atoms with Gasteiger partial charge in [-0.2, -0.15) is 0 Å². The summed E-state index contributed by atoms with van der Waals surface area (Å²) in [6, 6.07) is 7.67. The second-order valence-corrected chi connectivity index (χ2v) is 3.01. The summed E-state index contributed by atoms with van der Waals surface area (Å²) in [6.45, 7) is 1.95. The number of aryl methyl sites for hydroxylation is 1. The number of benzene rings is 1. The Morgan fingerprint density at radius 2 is 2.00 bits per heavy atom. The van der Waals surface area contributed by atoms with Crippen molar-refractivity contribution in [1.29, 1.82) is 0 Å². The summed E-state index contributed by atoms with van der Waals surface area (Å²) in [5.41, 5.74) is 2.28. The minimum absolute atomic E-state index is 0.214. The van der Waals surface area contributed by atoms with E-state index in [1.807, 2.05) is 31.2 Å². The summed E-state index contributed by atoms with van der Waals surface area (Å²) in [5.74, 6) is 0. The van der Waals surface area contributed by atoms with Gasteiger partial charge in [0.05, 0.1) is 11.8 Å². The van der Waals surface area contributed by atoms with Crippen molar-refractivity contribution in [2.45, 2.75) is 6.92 Å². The molecule has 0 aliphatic rings. The van der Waals surface area contributed by atoms with Gasteiger partial charge >= 0.3 is 0 Å². The molecule has 0 aliphatic carbocycles. The number of nitrogens with one attached hydrogen (secondary N) is 1. The van der Waals surface area contributed by atoms with Gasteiger partial charge in [-0.3, -0.25) is 4.79 Å². The third kappa shape index (κ3) is 1.42. The van der Waals surface area contributed by atoms with Gasteiger partial charge in [-0.15, -0.1) is 5.10 Å². The highest BCUT2D eigenvalue weighted by atomic mass is 16.1. The van der Waals surface area contributed by atoms with Gasteiger partial charge in [0, 0.05) is 0 Å². The molecule has 0 unspecified atom stereocenters. The lowest BCUT2D eigenvalue weighted by Crippen LogP contribution is -2.11. The fourth-order valence-electron chi connectivity index (χ4n) is 1.35. The van der Waals surface area contributed by atoms with Crippen LogP contribution in [0.3, 0.4) is 0 Å². The van der Waals surface area contributed by atoms with E-state index >= 15 is 0 Å². The van der Waals surface area contributed by atoms with Crippen LogP contribution in [-0.4, -0.2) is 15.4 Å². The minimum atomic E-state index is -0.214. The van der Waals surface area contributed by atoms with E-state index in [2.05, 4.69) is 15.4 Å². The molecule has 0 aliphatic heterocycles. The standard InChI is InChI=1S/C10H9N3O/c1-7-4-2-3-5-8(7)9-6-11-13-12-10(9)14/h2-6H,1H3,(H,11,12,14). The number of aromatic nitrogens is 3. The van der Waals surface area contributed by atoms with Crippen LogP contribution in [0.1, 0.15) is 5.56 Å². The molecule has 70 valence electrons. The molecule has 4 heteroatoms. The topological polar surface area (TPSA) is 58.6 Å². The zero-order valence-electron chi connectivity index (χ0n) is 7.69. The molecule has 14 heavy (non-hydrogen) atoms. The zero-order valence-corrected chi connectivity index (χ0v) is 7.69. The number of rotatable bonds is 1. The van der Waals surface area contributed by atoms with E-state index in [1.165, 1.54) is 6.20 Å². The van der Waals surface area contributed by atoms with Crippen LogP contribution >= 0.6 is 0 Å². The molecule has 0 saturated heterocycles. The lowest BCUT2D eigenvalue weighted by Gasteiger charge is -2.02. The lowest BCUT2D eigenvalue weighted by molar-refractivity contribution is 0.843. The average molecular weight is 187 g/mol. The van der Waals surface area contributed by atoms with Crippen molar-refractivity contribution in [3.8, 4) is 11.1 Å². The Morgan fingerprint density at radius 3 is 2.71 bits per heavy atom. The Hall–Kier alpha value is -1.97. The molecule has 1 aromatic carbocycles. The van der Waals surface area contributed by atoms with Crippen molar-refractivity contribution in [2.75, 3.05) is 0 Å². The summed E-state index contributed by atoms with van der Waals surface area (Å²) in [6.07, 6.45) is 1.47. The average Bonchev–Trinajstić information content (AvgIpc) is 2.20. The molecule has 0 fully saturated rings. The van der Waals surface area contributed by atoms with E-state index in [4.69, 9.17) is 0 Å². The summed E-state index contributed by atoms with van der Waals surface area (Å²) >= 11 is 0. The smallest absolute Gasteiger partial charge is 0.267 e. The van der Waals surface area contributed by atoms with Crippen LogP contribution in [0.4, 0.5) is 0 Å². The van der Waals surface area contributed by atoms with Crippen LogP contribution in [0.25, 0.3) is 11.1 Å². The largest absolute Gasteiger partial charge is 0.274 e. The Morgan fingerprint density at radius 1 is 1.21 bits per heavy atom. The molecule has 0 bridgehead atoms. The number of nitrogens with zero attached hydrogens (tertiary/aromatic N) is 2. The van der Waals surface area contributed by atoms with E-state index < -0.39 is 0 Å². The monoisotopic (exact) mass is 187 g/mol. The maximum Gasteiger partial charge on any atom is 0.274 e. The number of hydrogen-bond acceptors (Lipinski definition) is 3. The molecule has 1 aromatic heterocycles. The number of hydrogen-bond donors (Lipinski definition) is 1. The second-order valence-electron chi connectivity index (χ2n) is 3.01. The van der Waals surface area contributed by atoms with Crippen LogP contribution in [0, 0.1) is 6.92 Å². The Kier molecular flexibility index (Phi) is 2.10. The van der Waals surface area contributed by atoms with Crippen LogP contribution in [0.15, 0.2) is 35.3 Å². The summed E-state index contributed by atoms with van der Waals surface area (Å²) in [5, 5.41) is 9.38. The van der Waals surface area contributed by atoms with E-state index in [1.54, 1.807) is 0 Å². The van der Waals surface area contributed by atoms with Gasteiger partial charge in [-0.25, -0.2) is 5.10 Å². The van der Waals surface area contributed by atoms with Crippen molar-refractivity contribution in [1.82, 2.24) is 15.4 Å². The molecule has 2 rings (SSSR count). The van der Waals surface area contributed by atoms with Gasteiger partial charge in [-0.05, 0) is 18.1 Å². The summed E-state index contributed by atoms with van der Waals surface area (Å²) < 4.78 is 0. The quantitative estimate of drug-likeness (QED) is 0.728. The predicted molar refractivity (Wildman–Crippen MR) is 52.8 cm³/mol. The number of H-pyrrole nitrogens is 1. The minimum Gasteiger partial charge on any atom is -0.267 e. The fraction of sp³-hybridized carbons (Fsp3) is 0.100. The highest BCUT2D eigenvalue weighted by molar-refractivity contribution is 5.64. The number of aromatic amines is 1. The van der Waals surface area contributed by atoms with E-state index in [0.717, 1.165) is 11.1 Å². The Balaban J connectivity index is 2.67. The van der Waals surface area contributed by atoms with E-state index in [-0.39, 0.29) is 5.56 Å². The molecule has 0 radical (unpaired) electrons. The lowest BCUT2D eigenvalue weighted by atomic mass is 10.0. The van der Waals surface area contributed by atoms with E-state index in [9.17, 15) is 4.79 Å². The van der Waals surface area contributed by atoms with Gasteiger partial charge < -0.3 is 0 Å². The first kappa shape index (κ1) is 8.62. The van der Waals surface area contributed by atoms with Crippen molar-refractivity contribution >= 4 is 0 Å². The maximum absolute atomic E-state index is 11.4. The highest BCUT2D eigenvalue weighted by Crippen LogP contribution is 2.17. The fourth-order valence-corrected chi connectivity index (χ4v) is 1.35. The molecule has 0 atom stereocenters. The van der Waals surface area contributed by atoms with Crippen LogP contribution < -0.4 is 5.56 Å². The maximum atomic E-state index is 11.4. The predicted octanol–water partition coefficient (Wildman–Crippen LogP) is 1.14. The van der Waals surface area contributed by atoms with Gasteiger partial charge in [0.1, 0.15) is 0 Å². The highest BCUT2D eigenvalue weighted by Gasteiger charge is 2.04. The SMILES string of the molecule is Cc1ccccc1-c1cnn[nH]c1=O. The van der Waals surface area contributed by atoms with E-state index in [0.29, 0.717) is 5.56 Å². The van der Waals surface area contributed by atoms with Gasteiger partial charge in [-0.1, -0.05) is 29.5 Å². The molecule has 2 aromatic rings. The van der Waals surface area contributed by atoms with Crippen molar-refractivity contribution in [3.63, 3.8) is 0 Å². The van der Waals surface area contributed by atoms with Gasteiger partial charge in [0.2, 0.25) is 0 Å². The van der Waals surface area contributed by atoms with Crippen LogP contribution in [0.5, 0.6) is 0 Å². The van der Waals surface area contributed by atoms with Gasteiger partial charge in [0.15, 0.2) is 0 Å². The third-order valence-electron chi connectivity index (χ3n) is 2.08. The Bertz CT molecular complexity index is 504. The molecular formula is C10H9N3O. The van der Waals surface area contributed by atoms with Crippen LogP contribution in [-0.2, 0) is 0 Å². The molecule has 4 nitrogen and oxygen atoms in total. The first-order chi connectivity index (χ1) is 6.79. The molecule has 0 spiro atoms. The first-order valence-corrected chi connectivity index (χ1v) is 4.25. The molecule has 0 saturated carbocycles. The third-order valence-corrected chi connectivity index (χ3v) is 2.08. The van der Waals surface area contributed by atoms with Gasteiger partial charge in [0.25, 0.3) is 5.56 Å². The van der Waals surface area contributed by atoms with Crippen molar-refractivity contribution in [3.05, 3.63) is 46.4 Å². The van der Waals surface area contributed by atoms with Crippen molar-refractivity contribution in [2.24, 2.45) is 0 Å². The first-order valence-electron chi connectivity index (χ1n) is 4.25. The molecule has 1 heterocycles. The molecule has 1 N–H and O–H groups in total. The molecular weight excluding hydrogens is 178 g/mol. The summed E-state index contributed by atoms with van der Waals surface area (Å²) in [7, 11) is 0. The van der Waals surface area contributed by atoms with Crippen LogP contribution in [0.2, 0.25) is 0 Å². The van der Waals surface area contributed by atoms with Crippen molar-refractivity contribution < 1.29 is 0 Å². The zero-order chi connectivity index (χ0) is 9.97. The second kappa shape index (κ2) is 3.41. The molecule has 0 amide bonds. The summed E-state index contributed by atoms with van der Waals surface area (Å²) in [4.78, 5) is 11.4.